The van der Waals surface area contributed by atoms with Crippen LogP contribution in [0.15, 0.2) is 30.3 Å². The molecule has 1 heterocycles. The number of ether oxygens (including phenoxy) is 1. The molecule has 1 aliphatic heterocycles. The van der Waals surface area contributed by atoms with Gasteiger partial charge in [0.25, 0.3) is 0 Å². The van der Waals surface area contributed by atoms with Crippen LogP contribution in [-0.2, 0) is 4.74 Å². The highest BCUT2D eigenvalue weighted by atomic mass is 16.6. The first kappa shape index (κ1) is 15.9. The summed E-state index contributed by atoms with van der Waals surface area (Å²) in [6.45, 7) is 8.77. The first-order chi connectivity index (χ1) is 9.90. The van der Waals surface area contributed by atoms with Gasteiger partial charge in [-0.25, -0.2) is 4.79 Å². The van der Waals surface area contributed by atoms with E-state index in [0.717, 1.165) is 19.4 Å². The number of hydrogen-bond donors (Lipinski definition) is 0. The summed E-state index contributed by atoms with van der Waals surface area (Å²) < 4.78 is 5.58. The van der Waals surface area contributed by atoms with E-state index >= 15 is 0 Å². The van der Waals surface area contributed by atoms with E-state index in [2.05, 4.69) is 19.1 Å². The Morgan fingerprint density at radius 3 is 2.52 bits per heavy atom. The van der Waals surface area contributed by atoms with Gasteiger partial charge in [0.05, 0.1) is 6.04 Å². The van der Waals surface area contributed by atoms with Crippen LogP contribution < -0.4 is 0 Å². The van der Waals surface area contributed by atoms with Gasteiger partial charge in [-0.05, 0) is 45.1 Å². The summed E-state index contributed by atoms with van der Waals surface area (Å²) in [4.78, 5) is 14.4. The van der Waals surface area contributed by atoms with Crippen LogP contribution in [0.4, 0.5) is 4.79 Å². The largest absolute Gasteiger partial charge is 0.444 e. The zero-order chi connectivity index (χ0) is 15.5. The average molecular weight is 289 g/mol. The summed E-state index contributed by atoms with van der Waals surface area (Å²) in [5.74, 6) is 0.689. The molecule has 1 aromatic rings. The van der Waals surface area contributed by atoms with E-state index in [1.54, 1.807) is 0 Å². The Morgan fingerprint density at radius 1 is 1.29 bits per heavy atom. The number of hydrogen-bond acceptors (Lipinski definition) is 2. The van der Waals surface area contributed by atoms with Crippen LogP contribution in [0.5, 0.6) is 0 Å². The zero-order valence-corrected chi connectivity index (χ0v) is 13.6. The number of nitrogens with zero attached hydrogens (tertiary/aromatic N) is 1. The number of benzene rings is 1. The second-order valence-corrected chi connectivity index (χ2v) is 6.90. The molecule has 0 spiro atoms. The Bertz CT molecular complexity index is 464. The molecule has 1 amide bonds. The Balaban J connectivity index is 2.19. The maximum atomic E-state index is 12.5. The van der Waals surface area contributed by atoms with Crippen molar-refractivity contribution in [2.24, 2.45) is 5.92 Å². The summed E-state index contributed by atoms with van der Waals surface area (Å²) in [7, 11) is 0. The van der Waals surface area contributed by atoms with Crippen LogP contribution in [0, 0.1) is 5.92 Å². The van der Waals surface area contributed by atoms with Crippen LogP contribution in [0.1, 0.15) is 58.6 Å². The molecular weight excluding hydrogens is 262 g/mol. The molecule has 1 aromatic carbocycles. The Hall–Kier alpha value is -1.51. The fourth-order valence-corrected chi connectivity index (χ4v) is 2.94. The fourth-order valence-electron chi connectivity index (χ4n) is 2.94. The van der Waals surface area contributed by atoms with Crippen LogP contribution in [0.2, 0.25) is 0 Å². The molecule has 21 heavy (non-hydrogen) atoms. The predicted molar refractivity (Wildman–Crippen MR) is 85.1 cm³/mol. The van der Waals surface area contributed by atoms with Crippen LogP contribution in [-0.4, -0.2) is 23.1 Å². The van der Waals surface area contributed by atoms with Gasteiger partial charge in [0, 0.05) is 6.54 Å². The van der Waals surface area contributed by atoms with E-state index in [9.17, 15) is 4.79 Å². The van der Waals surface area contributed by atoms with E-state index in [1.807, 2.05) is 43.9 Å². The van der Waals surface area contributed by atoms with Crippen molar-refractivity contribution in [2.75, 3.05) is 6.54 Å². The van der Waals surface area contributed by atoms with E-state index in [0.29, 0.717) is 5.92 Å². The first-order valence-corrected chi connectivity index (χ1v) is 7.95. The monoisotopic (exact) mass is 289 g/mol. The average Bonchev–Trinajstić information content (AvgIpc) is 2.45. The van der Waals surface area contributed by atoms with Crippen molar-refractivity contribution < 1.29 is 9.53 Å². The predicted octanol–water partition coefficient (Wildman–Crippen LogP) is 4.78. The van der Waals surface area contributed by atoms with Gasteiger partial charge in [-0.1, -0.05) is 43.7 Å². The summed E-state index contributed by atoms with van der Waals surface area (Å²) in [5.41, 5.74) is 0.765. The standard InChI is InChI=1S/C18H27NO2/c1-5-14-11-12-19(17(20)21-18(2,3)4)16(13-14)15-9-7-6-8-10-15/h6-10,14,16H,5,11-13H2,1-4H3. The van der Waals surface area contributed by atoms with E-state index in [-0.39, 0.29) is 12.1 Å². The fraction of sp³-hybridized carbons (Fsp3) is 0.611. The van der Waals surface area contributed by atoms with Gasteiger partial charge in [-0.15, -0.1) is 0 Å². The van der Waals surface area contributed by atoms with Crippen LogP contribution in [0.3, 0.4) is 0 Å². The summed E-state index contributed by atoms with van der Waals surface area (Å²) in [5, 5.41) is 0. The minimum Gasteiger partial charge on any atom is -0.444 e. The number of carbonyl (C=O) groups excluding carboxylic acids is 1. The molecule has 0 radical (unpaired) electrons. The summed E-state index contributed by atoms with van der Waals surface area (Å²) in [6, 6.07) is 10.5. The number of rotatable bonds is 2. The molecule has 0 aromatic heterocycles. The lowest BCUT2D eigenvalue weighted by Crippen LogP contribution is -2.43. The topological polar surface area (TPSA) is 29.5 Å². The smallest absolute Gasteiger partial charge is 0.410 e. The third-order valence-electron chi connectivity index (χ3n) is 4.10. The summed E-state index contributed by atoms with van der Waals surface area (Å²) in [6.07, 6.45) is 3.08. The van der Waals surface area contributed by atoms with Gasteiger partial charge < -0.3 is 9.64 Å². The molecule has 3 heteroatoms. The van der Waals surface area contributed by atoms with Crippen molar-refractivity contribution in [3.05, 3.63) is 35.9 Å². The maximum absolute atomic E-state index is 12.5. The number of amides is 1. The molecular formula is C18H27NO2. The maximum Gasteiger partial charge on any atom is 0.410 e. The molecule has 1 saturated heterocycles. The highest BCUT2D eigenvalue weighted by molar-refractivity contribution is 5.69. The number of carbonyl (C=O) groups is 1. The molecule has 2 rings (SSSR count). The molecule has 2 atom stereocenters. The lowest BCUT2D eigenvalue weighted by atomic mass is 9.86. The van der Waals surface area contributed by atoms with E-state index in [1.165, 1.54) is 12.0 Å². The SMILES string of the molecule is CCC1CCN(C(=O)OC(C)(C)C)C(c2ccccc2)C1. The molecule has 116 valence electrons. The van der Waals surface area contributed by atoms with Gasteiger partial charge in [-0.3, -0.25) is 0 Å². The minimum absolute atomic E-state index is 0.139. The van der Waals surface area contributed by atoms with Gasteiger partial charge in [0.15, 0.2) is 0 Å². The van der Waals surface area contributed by atoms with E-state index in [4.69, 9.17) is 4.74 Å². The van der Waals surface area contributed by atoms with Crippen LogP contribution >= 0.6 is 0 Å². The third-order valence-corrected chi connectivity index (χ3v) is 4.10. The second-order valence-electron chi connectivity index (χ2n) is 6.90. The van der Waals surface area contributed by atoms with Crippen molar-refractivity contribution in [3.63, 3.8) is 0 Å². The normalized spacial score (nSPS) is 23.0. The molecule has 1 fully saturated rings. The first-order valence-electron chi connectivity index (χ1n) is 7.95. The molecule has 0 N–H and O–H groups in total. The van der Waals surface area contributed by atoms with Crippen LogP contribution in [0.25, 0.3) is 0 Å². The highest BCUT2D eigenvalue weighted by Crippen LogP contribution is 2.36. The molecule has 1 aliphatic rings. The Kier molecular flexibility index (Phi) is 4.92. The lowest BCUT2D eigenvalue weighted by Gasteiger charge is -2.40. The van der Waals surface area contributed by atoms with Gasteiger partial charge in [-0.2, -0.15) is 0 Å². The number of piperidine rings is 1. The van der Waals surface area contributed by atoms with E-state index < -0.39 is 5.60 Å². The Labute approximate surface area is 128 Å². The van der Waals surface area contributed by atoms with Crippen molar-refractivity contribution in [2.45, 2.75) is 58.6 Å². The van der Waals surface area contributed by atoms with Crippen molar-refractivity contribution >= 4 is 6.09 Å². The van der Waals surface area contributed by atoms with Crippen molar-refractivity contribution in [1.82, 2.24) is 4.90 Å². The lowest BCUT2D eigenvalue weighted by molar-refractivity contribution is 0.00394. The van der Waals surface area contributed by atoms with Gasteiger partial charge in [0.1, 0.15) is 5.60 Å². The summed E-state index contributed by atoms with van der Waals surface area (Å²) >= 11 is 0. The highest BCUT2D eigenvalue weighted by Gasteiger charge is 2.34. The number of likely N-dealkylation sites (tertiary alicyclic amines) is 1. The molecule has 0 bridgehead atoms. The zero-order valence-electron chi connectivity index (χ0n) is 13.6. The molecule has 3 nitrogen and oxygen atoms in total. The van der Waals surface area contributed by atoms with Crippen molar-refractivity contribution in [3.8, 4) is 0 Å². The van der Waals surface area contributed by atoms with Gasteiger partial charge in [0.2, 0.25) is 0 Å². The minimum atomic E-state index is -0.445. The Morgan fingerprint density at radius 2 is 1.95 bits per heavy atom. The molecule has 0 saturated carbocycles. The van der Waals surface area contributed by atoms with Crippen molar-refractivity contribution in [1.29, 1.82) is 0 Å². The van der Waals surface area contributed by atoms with Gasteiger partial charge >= 0.3 is 6.09 Å². The third kappa shape index (κ3) is 4.23. The second kappa shape index (κ2) is 6.50. The quantitative estimate of drug-likeness (QED) is 0.783. The molecule has 2 unspecified atom stereocenters. The molecule has 0 aliphatic carbocycles.